The summed E-state index contributed by atoms with van der Waals surface area (Å²) in [5, 5.41) is 4.90. The molecule has 5 rings (SSSR count). The number of nitrogens with two attached hydrogens (primary N) is 1. The molecule has 0 aliphatic heterocycles. The second-order valence-corrected chi connectivity index (χ2v) is 8.03. The Morgan fingerprint density at radius 2 is 1.68 bits per heavy atom. The van der Waals surface area contributed by atoms with E-state index in [9.17, 15) is 0 Å². The molecule has 144 valence electrons. The molecule has 1 heterocycles. The SMILES string of the molecule is N[C@H]1CC[C@@H](c2nc(COc3ccccc3)nn2C2Cc3ccccc3C2)C1. The Morgan fingerprint density at radius 3 is 2.36 bits per heavy atom. The summed E-state index contributed by atoms with van der Waals surface area (Å²) in [5.41, 5.74) is 9.05. The number of hydrogen-bond acceptors (Lipinski definition) is 4. The summed E-state index contributed by atoms with van der Waals surface area (Å²) in [6.07, 6.45) is 5.20. The lowest BCUT2D eigenvalue weighted by Gasteiger charge is -2.16. The quantitative estimate of drug-likeness (QED) is 0.738. The van der Waals surface area contributed by atoms with Crippen LogP contribution < -0.4 is 10.5 Å². The number of nitrogens with zero attached hydrogens (tertiary/aromatic N) is 3. The van der Waals surface area contributed by atoms with Crippen LogP contribution in [0, 0.1) is 0 Å². The van der Waals surface area contributed by atoms with Gasteiger partial charge in [-0.15, -0.1) is 0 Å². The minimum atomic E-state index is 0.278. The van der Waals surface area contributed by atoms with Crippen molar-refractivity contribution in [1.29, 1.82) is 0 Å². The van der Waals surface area contributed by atoms with Crippen molar-refractivity contribution >= 4 is 0 Å². The van der Waals surface area contributed by atoms with Gasteiger partial charge in [0.25, 0.3) is 0 Å². The summed E-state index contributed by atoms with van der Waals surface area (Å²) < 4.78 is 8.09. The average Bonchev–Trinajstić information content (AvgIpc) is 3.44. The van der Waals surface area contributed by atoms with Gasteiger partial charge in [0.05, 0.1) is 6.04 Å². The fourth-order valence-corrected chi connectivity index (χ4v) is 4.61. The molecule has 2 aromatic carbocycles. The maximum Gasteiger partial charge on any atom is 0.188 e. The van der Waals surface area contributed by atoms with E-state index in [4.69, 9.17) is 20.6 Å². The van der Waals surface area contributed by atoms with E-state index in [2.05, 4.69) is 28.9 Å². The van der Waals surface area contributed by atoms with Gasteiger partial charge >= 0.3 is 0 Å². The smallest absolute Gasteiger partial charge is 0.188 e. The highest BCUT2D eigenvalue weighted by molar-refractivity contribution is 5.33. The number of aromatic nitrogens is 3. The second-order valence-electron chi connectivity index (χ2n) is 8.03. The summed E-state index contributed by atoms with van der Waals surface area (Å²) in [6.45, 7) is 0.391. The summed E-state index contributed by atoms with van der Waals surface area (Å²) in [5.74, 6) is 3.10. The molecule has 2 N–H and O–H groups in total. The predicted octanol–water partition coefficient (Wildman–Crippen LogP) is 3.79. The lowest BCUT2D eigenvalue weighted by Crippen LogP contribution is -2.18. The molecular weight excluding hydrogens is 348 g/mol. The molecule has 2 aliphatic rings. The van der Waals surface area contributed by atoms with E-state index in [0.29, 0.717) is 18.6 Å². The maximum atomic E-state index is 6.19. The number of rotatable bonds is 5. The van der Waals surface area contributed by atoms with Crippen LogP contribution in [0.25, 0.3) is 0 Å². The number of benzene rings is 2. The van der Waals surface area contributed by atoms with E-state index >= 15 is 0 Å². The van der Waals surface area contributed by atoms with Crippen molar-refractivity contribution in [1.82, 2.24) is 14.8 Å². The van der Waals surface area contributed by atoms with Gasteiger partial charge in [0, 0.05) is 12.0 Å². The summed E-state index contributed by atoms with van der Waals surface area (Å²) in [4.78, 5) is 4.92. The fourth-order valence-electron chi connectivity index (χ4n) is 4.61. The first kappa shape index (κ1) is 17.4. The molecule has 5 nitrogen and oxygen atoms in total. The lowest BCUT2D eigenvalue weighted by atomic mass is 10.1. The van der Waals surface area contributed by atoms with Crippen LogP contribution in [0.15, 0.2) is 54.6 Å². The molecular formula is C23H26N4O. The normalized spacial score (nSPS) is 21.8. The molecule has 28 heavy (non-hydrogen) atoms. The van der Waals surface area contributed by atoms with Crippen LogP contribution in [-0.2, 0) is 19.4 Å². The Morgan fingerprint density at radius 1 is 0.964 bits per heavy atom. The first-order valence-electron chi connectivity index (χ1n) is 10.2. The molecule has 2 atom stereocenters. The van der Waals surface area contributed by atoms with Gasteiger partial charge in [0.1, 0.15) is 18.2 Å². The van der Waals surface area contributed by atoms with Crippen LogP contribution in [-0.4, -0.2) is 20.8 Å². The van der Waals surface area contributed by atoms with Gasteiger partial charge in [-0.05, 0) is 55.4 Å². The molecule has 0 amide bonds. The Balaban J connectivity index is 1.41. The van der Waals surface area contributed by atoms with Crippen molar-refractivity contribution in [3.8, 4) is 5.75 Å². The van der Waals surface area contributed by atoms with E-state index in [1.165, 1.54) is 11.1 Å². The number of para-hydroxylation sites is 1. The maximum absolute atomic E-state index is 6.19. The standard InChI is InChI=1S/C23H26N4O/c24-19-11-10-18(12-19)23-25-22(15-28-21-8-2-1-3-9-21)26-27(23)20-13-16-6-4-5-7-17(16)14-20/h1-9,18-20H,10-15,24H2/t18-,19+/m1/s1. The molecule has 5 heteroatoms. The minimum absolute atomic E-state index is 0.278. The van der Waals surface area contributed by atoms with Gasteiger partial charge in [0.15, 0.2) is 5.82 Å². The highest BCUT2D eigenvalue weighted by Gasteiger charge is 2.32. The lowest BCUT2D eigenvalue weighted by molar-refractivity contribution is 0.294. The molecule has 1 fully saturated rings. The largest absolute Gasteiger partial charge is 0.486 e. The first-order valence-corrected chi connectivity index (χ1v) is 10.2. The molecule has 1 aromatic heterocycles. The third-order valence-corrected chi connectivity index (χ3v) is 6.03. The van der Waals surface area contributed by atoms with Crippen LogP contribution in [0.1, 0.15) is 54.0 Å². The zero-order valence-electron chi connectivity index (χ0n) is 16.0. The fraction of sp³-hybridized carbons (Fsp3) is 0.391. The monoisotopic (exact) mass is 374 g/mol. The number of hydrogen-bond donors (Lipinski definition) is 1. The third kappa shape index (κ3) is 3.42. The molecule has 0 saturated heterocycles. The topological polar surface area (TPSA) is 66.0 Å². The van der Waals surface area contributed by atoms with Gasteiger partial charge in [-0.25, -0.2) is 9.67 Å². The van der Waals surface area contributed by atoms with E-state index in [1.807, 2.05) is 30.3 Å². The molecule has 2 aliphatic carbocycles. The molecule has 3 aromatic rings. The Kier molecular flexibility index (Phi) is 4.61. The van der Waals surface area contributed by atoms with E-state index in [1.54, 1.807) is 0 Å². The van der Waals surface area contributed by atoms with Gasteiger partial charge in [-0.3, -0.25) is 0 Å². The minimum Gasteiger partial charge on any atom is -0.486 e. The van der Waals surface area contributed by atoms with Crippen molar-refractivity contribution in [2.24, 2.45) is 5.73 Å². The van der Waals surface area contributed by atoms with Crippen LogP contribution in [0.5, 0.6) is 5.75 Å². The molecule has 0 radical (unpaired) electrons. The van der Waals surface area contributed by atoms with Crippen molar-refractivity contribution in [3.05, 3.63) is 77.4 Å². The Labute approximate surface area is 165 Å². The number of ether oxygens (including phenoxy) is 1. The van der Waals surface area contributed by atoms with Crippen molar-refractivity contribution in [3.63, 3.8) is 0 Å². The Hall–Kier alpha value is -2.66. The molecule has 0 bridgehead atoms. The Bertz CT molecular complexity index is 927. The molecule has 0 spiro atoms. The van der Waals surface area contributed by atoms with Gasteiger partial charge in [0.2, 0.25) is 0 Å². The molecule has 1 saturated carbocycles. The van der Waals surface area contributed by atoms with Crippen LogP contribution in [0.3, 0.4) is 0 Å². The second kappa shape index (κ2) is 7.40. The van der Waals surface area contributed by atoms with Gasteiger partial charge < -0.3 is 10.5 Å². The van der Waals surface area contributed by atoms with E-state index in [-0.39, 0.29) is 6.04 Å². The van der Waals surface area contributed by atoms with Crippen LogP contribution in [0.4, 0.5) is 0 Å². The average molecular weight is 374 g/mol. The highest BCUT2D eigenvalue weighted by atomic mass is 16.5. The van der Waals surface area contributed by atoms with Gasteiger partial charge in [-0.1, -0.05) is 42.5 Å². The van der Waals surface area contributed by atoms with Crippen molar-refractivity contribution < 1.29 is 4.74 Å². The summed E-state index contributed by atoms with van der Waals surface area (Å²) in [7, 11) is 0. The predicted molar refractivity (Wildman–Crippen MR) is 108 cm³/mol. The van der Waals surface area contributed by atoms with E-state index in [0.717, 1.165) is 49.5 Å². The summed E-state index contributed by atoms with van der Waals surface area (Å²) in [6, 6.07) is 19.2. The van der Waals surface area contributed by atoms with E-state index < -0.39 is 0 Å². The summed E-state index contributed by atoms with van der Waals surface area (Å²) >= 11 is 0. The zero-order valence-corrected chi connectivity index (χ0v) is 16.0. The zero-order chi connectivity index (χ0) is 18.9. The highest BCUT2D eigenvalue weighted by Crippen LogP contribution is 2.37. The van der Waals surface area contributed by atoms with Crippen molar-refractivity contribution in [2.75, 3.05) is 0 Å². The van der Waals surface area contributed by atoms with Gasteiger partial charge in [-0.2, -0.15) is 5.10 Å². The van der Waals surface area contributed by atoms with Crippen molar-refractivity contribution in [2.45, 2.75) is 56.7 Å². The number of fused-ring (bicyclic) bond motifs is 1. The molecule has 0 unspecified atom stereocenters. The third-order valence-electron chi connectivity index (χ3n) is 6.03. The van der Waals surface area contributed by atoms with Crippen LogP contribution >= 0.6 is 0 Å². The van der Waals surface area contributed by atoms with Crippen LogP contribution in [0.2, 0.25) is 0 Å². The first-order chi connectivity index (χ1) is 13.8.